The van der Waals surface area contributed by atoms with Crippen molar-refractivity contribution >= 4 is 73.1 Å². The van der Waals surface area contributed by atoms with Crippen LogP contribution in [0.25, 0.3) is 10.4 Å². The van der Waals surface area contributed by atoms with E-state index < -0.39 is 0 Å². The summed E-state index contributed by atoms with van der Waals surface area (Å²) in [5, 5.41) is 4.28. The molecule has 2 aromatic carbocycles. The van der Waals surface area contributed by atoms with Crippen LogP contribution in [-0.4, -0.2) is 28.5 Å². The SMILES string of the molecule is Br.Br.Br.CN(CCc1ccc(Nc2ncc(-c3cccnc3)s2)cc1)Cc1ccccc1. The number of anilines is 2. The average Bonchev–Trinajstić information content (AvgIpc) is 3.23. The summed E-state index contributed by atoms with van der Waals surface area (Å²) in [5.41, 5.74) is 4.83. The number of aromatic nitrogens is 2. The van der Waals surface area contributed by atoms with Gasteiger partial charge in [0.1, 0.15) is 0 Å². The van der Waals surface area contributed by atoms with Crippen LogP contribution < -0.4 is 5.32 Å². The minimum absolute atomic E-state index is 0. The second-order valence-electron chi connectivity index (χ2n) is 7.07. The number of benzene rings is 2. The standard InChI is InChI=1S/C24H24N4S.3BrH/c1-28(18-20-6-3-2-4-7-20)15-13-19-9-11-22(12-10-19)27-24-26-17-23(29-24)21-8-5-14-25-16-21;;;/h2-12,14,16-17H,13,15,18H2,1H3,(H,26,27);3*1H. The molecule has 0 saturated carbocycles. The molecule has 0 aliphatic heterocycles. The zero-order chi connectivity index (χ0) is 19.9. The molecular weight excluding hydrogens is 616 g/mol. The third-order valence-corrected chi connectivity index (χ3v) is 5.70. The van der Waals surface area contributed by atoms with E-state index in [9.17, 15) is 0 Å². The Morgan fingerprint density at radius 3 is 2.28 bits per heavy atom. The lowest BCUT2D eigenvalue weighted by Crippen LogP contribution is -2.20. The third-order valence-electron chi connectivity index (χ3n) is 4.73. The molecule has 0 unspecified atom stereocenters. The Kier molecular flexibility index (Phi) is 12.9. The minimum atomic E-state index is 0. The van der Waals surface area contributed by atoms with Gasteiger partial charge in [0, 0.05) is 42.9 Å². The molecule has 4 nitrogen and oxygen atoms in total. The van der Waals surface area contributed by atoms with E-state index >= 15 is 0 Å². The number of nitrogens with one attached hydrogen (secondary N) is 1. The van der Waals surface area contributed by atoms with E-state index in [1.54, 1.807) is 17.5 Å². The maximum absolute atomic E-state index is 4.48. The monoisotopic (exact) mass is 640 g/mol. The number of halogens is 3. The van der Waals surface area contributed by atoms with Crippen LogP contribution in [-0.2, 0) is 13.0 Å². The Labute approximate surface area is 225 Å². The lowest BCUT2D eigenvalue weighted by molar-refractivity contribution is 0.331. The van der Waals surface area contributed by atoms with E-state index in [1.807, 2.05) is 24.5 Å². The summed E-state index contributed by atoms with van der Waals surface area (Å²) in [4.78, 5) is 12.1. The zero-order valence-electron chi connectivity index (χ0n) is 17.7. The lowest BCUT2D eigenvalue weighted by atomic mass is 10.1. The first-order valence-electron chi connectivity index (χ1n) is 9.71. The first-order valence-corrected chi connectivity index (χ1v) is 10.5. The highest BCUT2D eigenvalue weighted by atomic mass is 79.9. The van der Waals surface area contributed by atoms with Gasteiger partial charge in [0.25, 0.3) is 0 Å². The fourth-order valence-corrected chi connectivity index (χ4v) is 3.97. The topological polar surface area (TPSA) is 41.0 Å². The first-order chi connectivity index (χ1) is 14.3. The van der Waals surface area contributed by atoms with Gasteiger partial charge in [0.15, 0.2) is 5.13 Å². The van der Waals surface area contributed by atoms with E-state index in [0.717, 1.165) is 40.8 Å². The Bertz CT molecular complexity index is 1030. The highest BCUT2D eigenvalue weighted by Crippen LogP contribution is 2.30. The molecule has 32 heavy (non-hydrogen) atoms. The van der Waals surface area contributed by atoms with Crippen molar-refractivity contribution in [3.8, 4) is 10.4 Å². The third kappa shape index (κ3) is 8.41. The van der Waals surface area contributed by atoms with Crippen LogP contribution >= 0.6 is 62.3 Å². The van der Waals surface area contributed by atoms with Crippen LogP contribution in [0, 0.1) is 0 Å². The van der Waals surface area contributed by atoms with Crippen molar-refractivity contribution in [3.63, 3.8) is 0 Å². The molecule has 4 aromatic rings. The van der Waals surface area contributed by atoms with Crippen molar-refractivity contribution in [3.05, 3.63) is 96.4 Å². The summed E-state index contributed by atoms with van der Waals surface area (Å²) in [6.45, 7) is 2.01. The molecule has 4 rings (SSSR count). The molecule has 0 aliphatic carbocycles. The second-order valence-corrected chi connectivity index (χ2v) is 8.10. The van der Waals surface area contributed by atoms with Gasteiger partial charge in [0.2, 0.25) is 0 Å². The number of likely N-dealkylation sites (N-methyl/N-ethyl adjacent to an activating group) is 1. The number of hydrogen-bond acceptors (Lipinski definition) is 5. The van der Waals surface area contributed by atoms with Gasteiger partial charge in [-0.3, -0.25) is 4.98 Å². The largest absolute Gasteiger partial charge is 0.332 e. The van der Waals surface area contributed by atoms with Gasteiger partial charge in [-0.05, 0) is 42.8 Å². The van der Waals surface area contributed by atoms with Crippen molar-refractivity contribution in [1.82, 2.24) is 14.9 Å². The molecule has 0 spiro atoms. The smallest absolute Gasteiger partial charge is 0.187 e. The van der Waals surface area contributed by atoms with E-state index in [2.05, 4.69) is 81.8 Å². The molecule has 1 N–H and O–H groups in total. The second kappa shape index (κ2) is 14.5. The predicted molar refractivity (Wildman–Crippen MR) is 153 cm³/mol. The summed E-state index contributed by atoms with van der Waals surface area (Å²) < 4.78 is 0. The quantitative estimate of drug-likeness (QED) is 0.218. The summed E-state index contributed by atoms with van der Waals surface area (Å²) in [6.07, 6.45) is 6.57. The summed E-state index contributed by atoms with van der Waals surface area (Å²) in [6, 6.07) is 23.2. The molecule has 0 aliphatic rings. The van der Waals surface area contributed by atoms with Crippen molar-refractivity contribution in [1.29, 1.82) is 0 Å². The van der Waals surface area contributed by atoms with E-state index in [4.69, 9.17) is 0 Å². The van der Waals surface area contributed by atoms with Gasteiger partial charge in [-0.25, -0.2) is 4.98 Å². The van der Waals surface area contributed by atoms with E-state index in [1.165, 1.54) is 11.1 Å². The Hall–Kier alpha value is -1.58. The molecular formula is C24H27Br3N4S. The average molecular weight is 643 g/mol. The Morgan fingerprint density at radius 2 is 1.59 bits per heavy atom. The minimum Gasteiger partial charge on any atom is -0.332 e. The maximum Gasteiger partial charge on any atom is 0.187 e. The Balaban J connectivity index is 0.00000171. The van der Waals surface area contributed by atoms with Crippen LogP contribution in [0.3, 0.4) is 0 Å². The van der Waals surface area contributed by atoms with Gasteiger partial charge in [-0.2, -0.15) is 0 Å². The highest BCUT2D eigenvalue weighted by Gasteiger charge is 2.05. The van der Waals surface area contributed by atoms with Crippen molar-refractivity contribution in [2.45, 2.75) is 13.0 Å². The van der Waals surface area contributed by atoms with Crippen LogP contribution in [0.15, 0.2) is 85.3 Å². The summed E-state index contributed by atoms with van der Waals surface area (Å²) in [5.74, 6) is 0. The fourth-order valence-electron chi connectivity index (χ4n) is 3.15. The molecule has 170 valence electrons. The molecule has 2 heterocycles. The molecule has 2 aromatic heterocycles. The van der Waals surface area contributed by atoms with Gasteiger partial charge < -0.3 is 10.2 Å². The molecule has 0 bridgehead atoms. The highest BCUT2D eigenvalue weighted by molar-refractivity contribution is 8.93. The Morgan fingerprint density at radius 1 is 0.844 bits per heavy atom. The number of thiazole rings is 1. The van der Waals surface area contributed by atoms with Crippen molar-refractivity contribution in [2.75, 3.05) is 18.9 Å². The summed E-state index contributed by atoms with van der Waals surface area (Å²) >= 11 is 1.63. The normalized spacial score (nSPS) is 9.94. The van der Waals surface area contributed by atoms with E-state index in [0.29, 0.717) is 0 Å². The predicted octanol–water partition coefficient (Wildman–Crippen LogP) is 7.36. The molecule has 0 amide bonds. The van der Waals surface area contributed by atoms with E-state index in [-0.39, 0.29) is 50.9 Å². The van der Waals surface area contributed by atoms with Crippen LogP contribution in [0.2, 0.25) is 0 Å². The summed E-state index contributed by atoms with van der Waals surface area (Å²) in [7, 11) is 2.17. The molecule has 0 fully saturated rings. The van der Waals surface area contributed by atoms with Gasteiger partial charge in [0.05, 0.1) is 4.88 Å². The first kappa shape index (κ1) is 28.5. The molecule has 0 radical (unpaired) electrons. The molecule has 0 saturated heterocycles. The van der Waals surface area contributed by atoms with Gasteiger partial charge in [-0.15, -0.1) is 50.9 Å². The van der Waals surface area contributed by atoms with Crippen molar-refractivity contribution < 1.29 is 0 Å². The number of rotatable bonds is 8. The molecule has 8 heteroatoms. The number of nitrogens with zero attached hydrogens (tertiary/aromatic N) is 3. The zero-order valence-corrected chi connectivity index (χ0v) is 23.6. The maximum atomic E-state index is 4.48. The number of pyridine rings is 1. The van der Waals surface area contributed by atoms with Crippen LogP contribution in [0.5, 0.6) is 0 Å². The van der Waals surface area contributed by atoms with Gasteiger partial charge >= 0.3 is 0 Å². The number of hydrogen-bond donors (Lipinski definition) is 1. The van der Waals surface area contributed by atoms with Crippen LogP contribution in [0.1, 0.15) is 11.1 Å². The van der Waals surface area contributed by atoms with Crippen molar-refractivity contribution in [2.24, 2.45) is 0 Å². The lowest BCUT2D eigenvalue weighted by Gasteiger charge is -2.16. The van der Waals surface area contributed by atoms with Gasteiger partial charge in [-0.1, -0.05) is 59.9 Å². The van der Waals surface area contributed by atoms with Crippen LogP contribution in [0.4, 0.5) is 10.8 Å². The molecule has 0 atom stereocenters. The fraction of sp³-hybridized carbons (Fsp3) is 0.167.